The first-order valence-electron chi connectivity index (χ1n) is 12.0. The van der Waals surface area contributed by atoms with Crippen molar-refractivity contribution in [3.63, 3.8) is 0 Å². The zero-order valence-corrected chi connectivity index (χ0v) is 23.3. The Morgan fingerprint density at radius 1 is 1.16 bits per heavy atom. The molecule has 0 aliphatic rings. The van der Waals surface area contributed by atoms with Gasteiger partial charge in [0.05, 0.1) is 24.3 Å². The van der Waals surface area contributed by atoms with E-state index in [4.69, 9.17) is 25.8 Å². The minimum Gasteiger partial charge on any atom is -0.495 e. The second-order valence-electron chi connectivity index (χ2n) is 8.66. The monoisotopic (exact) mass is 549 g/mol. The van der Waals surface area contributed by atoms with E-state index in [1.54, 1.807) is 31.4 Å². The van der Waals surface area contributed by atoms with Crippen molar-refractivity contribution in [3.8, 4) is 5.75 Å². The van der Waals surface area contributed by atoms with Gasteiger partial charge in [-0.1, -0.05) is 61.0 Å². The topological polar surface area (TPSA) is 94.1 Å². The van der Waals surface area contributed by atoms with Crippen LogP contribution in [0.5, 0.6) is 5.75 Å². The van der Waals surface area contributed by atoms with Crippen LogP contribution in [0.3, 0.4) is 0 Å². The van der Waals surface area contributed by atoms with E-state index in [1.807, 2.05) is 43.5 Å². The molecule has 37 heavy (non-hydrogen) atoms. The van der Waals surface area contributed by atoms with Gasteiger partial charge in [-0.15, -0.1) is 11.8 Å². The molecular weight excluding hydrogens is 514 g/mol. The maximum atomic E-state index is 12.6. The molecule has 2 rings (SSSR count). The summed E-state index contributed by atoms with van der Waals surface area (Å²) in [4.78, 5) is 25.2. The Hall–Kier alpha value is -2.52. The maximum absolute atomic E-state index is 12.6. The minimum atomic E-state index is -0.897. The Kier molecular flexibility index (Phi) is 13.6. The Morgan fingerprint density at radius 2 is 1.89 bits per heavy atom. The lowest BCUT2D eigenvalue weighted by Crippen LogP contribution is -2.42. The van der Waals surface area contributed by atoms with E-state index in [0.29, 0.717) is 17.2 Å². The zero-order chi connectivity index (χ0) is 27.2. The van der Waals surface area contributed by atoms with E-state index in [0.717, 1.165) is 11.1 Å². The average molecular weight is 550 g/mol. The largest absolute Gasteiger partial charge is 0.495 e. The smallest absolute Gasteiger partial charge is 0.329 e. The summed E-state index contributed by atoms with van der Waals surface area (Å²) in [6.45, 7) is 1.95. The third-order valence-electron chi connectivity index (χ3n) is 5.92. The molecule has 0 aliphatic heterocycles. The average Bonchev–Trinajstić information content (AvgIpc) is 2.90. The van der Waals surface area contributed by atoms with Gasteiger partial charge in [-0.05, 0) is 54.4 Å². The summed E-state index contributed by atoms with van der Waals surface area (Å²) in [5.74, 6) is -0.355. The van der Waals surface area contributed by atoms with Crippen LogP contribution < -0.4 is 10.1 Å². The lowest BCUT2D eigenvalue weighted by Gasteiger charge is -2.23. The number of aliphatic hydroxyl groups excluding tert-OH is 1. The zero-order valence-electron chi connectivity index (χ0n) is 21.7. The third-order valence-corrected chi connectivity index (χ3v) is 6.57. The molecule has 0 aliphatic carbocycles. The van der Waals surface area contributed by atoms with Crippen molar-refractivity contribution in [2.24, 2.45) is 5.92 Å². The highest BCUT2D eigenvalue weighted by molar-refractivity contribution is 7.98. The molecule has 4 unspecified atom stereocenters. The van der Waals surface area contributed by atoms with Gasteiger partial charge in [0.2, 0.25) is 5.91 Å². The molecule has 0 bridgehead atoms. The summed E-state index contributed by atoms with van der Waals surface area (Å²) in [7, 11) is 3.18. The number of rotatable bonds is 15. The predicted molar refractivity (Wildman–Crippen MR) is 148 cm³/mol. The Labute approximate surface area is 228 Å². The van der Waals surface area contributed by atoms with Gasteiger partial charge in [-0.3, -0.25) is 4.79 Å². The Bertz CT molecular complexity index is 1020. The number of hydrogen-bond donors (Lipinski definition) is 2. The molecule has 1 amide bonds. The van der Waals surface area contributed by atoms with Crippen LogP contribution in [0.25, 0.3) is 0 Å². The van der Waals surface area contributed by atoms with Gasteiger partial charge in [0.15, 0.2) is 0 Å². The van der Waals surface area contributed by atoms with Crippen molar-refractivity contribution in [2.75, 3.05) is 26.4 Å². The molecule has 0 radical (unpaired) electrons. The number of methoxy groups -OCH3 is 2. The number of carbonyl (C=O) groups is 2. The molecule has 0 saturated heterocycles. The molecule has 2 aromatic carbocycles. The third kappa shape index (κ3) is 10.4. The van der Waals surface area contributed by atoms with E-state index in [9.17, 15) is 14.7 Å². The molecule has 2 aromatic rings. The number of benzene rings is 2. The highest BCUT2D eigenvalue weighted by Gasteiger charge is 2.23. The lowest BCUT2D eigenvalue weighted by atomic mass is 9.92. The van der Waals surface area contributed by atoms with Crippen LogP contribution in [0.1, 0.15) is 37.0 Å². The fourth-order valence-corrected chi connectivity index (χ4v) is 4.30. The quantitative estimate of drug-likeness (QED) is 0.184. The van der Waals surface area contributed by atoms with Crippen molar-refractivity contribution < 1.29 is 28.9 Å². The number of halogens is 1. The molecular formula is C28H36ClNO6S. The first-order chi connectivity index (χ1) is 17.8. The van der Waals surface area contributed by atoms with E-state index in [-0.39, 0.29) is 30.8 Å². The van der Waals surface area contributed by atoms with Gasteiger partial charge in [-0.25, -0.2) is 4.79 Å². The lowest BCUT2D eigenvalue weighted by molar-refractivity contribution is -0.145. The first kappa shape index (κ1) is 30.7. The van der Waals surface area contributed by atoms with Crippen molar-refractivity contribution >= 4 is 35.2 Å². The second kappa shape index (κ2) is 16.3. The number of hydrogen-bond acceptors (Lipinski definition) is 7. The van der Waals surface area contributed by atoms with Crippen molar-refractivity contribution in [2.45, 2.75) is 44.4 Å². The number of aliphatic hydroxyl groups is 1. The molecule has 0 fully saturated rings. The normalized spacial score (nSPS) is 14.5. The van der Waals surface area contributed by atoms with Gasteiger partial charge in [0, 0.05) is 13.5 Å². The van der Waals surface area contributed by atoms with Gasteiger partial charge in [-0.2, -0.15) is 0 Å². The number of esters is 1. The highest BCUT2D eigenvalue weighted by Crippen LogP contribution is 2.27. The van der Waals surface area contributed by atoms with Crippen LogP contribution in [-0.4, -0.2) is 55.5 Å². The Morgan fingerprint density at radius 3 is 2.51 bits per heavy atom. The van der Waals surface area contributed by atoms with Crippen molar-refractivity contribution in [1.29, 1.82) is 0 Å². The molecule has 0 aromatic heterocycles. The van der Waals surface area contributed by atoms with Crippen LogP contribution in [0.15, 0.2) is 60.7 Å². The van der Waals surface area contributed by atoms with Crippen LogP contribution in [0.4, 0.5) is 0 Å². The summed E-state index contributed by atoms with van der Waals surface area (Å²) in [5.41, 5.74) is 1.80. The minimum absolute atomic E-state index is 0.0630. The van der Waals surface area contributed by atoms with Gasteiger partial charge >= 0.3 is 5.97 Å². The van der Waals surface area contributed by atoms with Gasteiger partial charge < -0.3 is 24.6 Å². The molecule has 2 N–H and O–H groups in total. The summed E-state index contributed by atoms with van der Waals surface area (Å²) < 4.78 is 16.0. The summed E-state index contributed by atoms with van der Waals surface area (Å²) in [5, 5.41) is 13.7. The summed E-state index contributed by atoms with van der Waals surface area (Å²) >= 11 is 7.57. The van der Waals surface area contributed by atoms with Crippen LogP contribution in [-0.2, 0) is 25.5 Å². The molecule has 7 nitrogen and oxygen atoms in total. The van der Waals surface area contributed by atoms with Crippen LogP contribution in [0, 0.1) is 5.92 Å². The molecule has 4 atom stereocenters. The van der Waals surface area contributed by atoms with Crippen molar-refractivity contribution in [1.82, 2.24) is 5.32 Å². The molecule has 9 heteroatoms. The fraction of sp³-hybridized carbons (Fsp3) is 0.429. The molecule has 0 saturated carbocycles. The van der Waals surface area contributed by atoms with Crippen LogP contribution >= 0.6 is 23.4 Å². The number of thioether (sulfide) groups is 1. The van der Waals surface area contributed by atoms with E-state index in [1.165, 1.54) is 24.9 Å². The highest BCUT2D eigenvalue weighted by atomic mass is 35.5. The fourth-order valence-electron chi connectivity index (χ4n) is 3.78. The predicted octanol–water partition coefficient (Wildman–Crippen LogP) is 4.96. The molecule has 0 spiro atoms. The summed E-state index contributed by atoms with van der Waals surface area (Å²) in [6.07, 6.45) is 5.09. The van der Waals surface area contributed by atoms with E-state index < -0.39 is 24.0 Å². The second-order valence-corrected chi connectivity index (χ2v) is 9.88. The number of carbonyl (C=O) groups excluding carboxylic acids is 2. The van der Waals surface area contributed by atoms with Crippen molar-refractivity contribution in [3.05, 3.63) is 76.8 Å². The number of amides is 1. The van der Waals surface area contributed by atoms with Gasteiger partial charge in [0.25, 0.3) is 0 Å². The summed E-state index contributed by atoms with van der Waals surface area (Å²) in [6, 6.07) is 14.1. The SMILES string of the molecule is COc1ccc(CC(NC(=O)/C=C/CC(O)C(C)CC(OC)c2ccccc2)C(=O)OCSC)cc1Cl. The maximum Gasteiger partial charge on any atom is 0.329 e. The molecule has 0 heterocycles. The van der Waals surface area contributed by atoms with E-state index >= 15 is 0 Å². The Balaban J connectivity index is 1.96. The van der Waals surface area contributed by atoms with Crippen LogP contribution in [0.2, 0.25) is 5.02 Å². The standard InChI is InChI=1S/C28H36ClNO6S/c1-19(15-26(35-3)21-9-6-5-7-10-21)24(31)11-8-12-27(32)30-23(28(33)36-18-37-4)17-20-13-14-25(34-2)22(29)16-20/h5-10,12-14,16,19,23-24,26,31H,11,15,17-18H2,1-4H3,(H,30,32)/b12-8+. The first-order valence-corrected chi connectivity index (χ1v) is 13.8. The number of ether oxygens (including phenoxy) is 3. The van der Waals surface area contributed by atoms with Gasteiger partial charge in [0.1, 0.15) is 17.7 Å². The van der Waals surface area contributed by atoms with E-state index in [2.05, 4.69) is 5.32 Å². The number of nitrogens with one attached hydrogen (secondary N) is 1. The molecule has 202 valence electrons.